The van der Waals surface area contributed by atoms with Crippen molar-refractivity contribution in [1.82, 2.24) is 4.90 Å². The van der Waals surface area contributed by atoms with Gasteiger partial charge in [-0.05, 0) is 48.2 Å². The zero-order valence-electron chi connectivity index (χ0n) is 19.8. The molecule has 0 aliphatic carbocycles. The van der Waals surface area contributed by atoms with Crippen LogP contribution < -0.4 is 0 Å². The number of hydrogen-bond acceptors (Lipinski definition) is 3. The van der Waals surface area contributed by atoms with Gasteiger partial charge in [-0.1, -0.05) is 61.3 Å². The molecule has 5 atom stereocenters. The minimum absolute atomic E-state index is 0.119. The highest BCUT2D eigenvalue weighted by atomic mass is 35.5. The second-order valence-corrected chi connectivity index (χ2v) is 10.4. The highest BCUT2D eigenvalue weighted by molar-refractivity contribution is 6.30. The summed E-state index contributed by atoms with van der Waals surface area (Å²) in [6.45, 7) is 3.16. The third kappa shape index (κ3) is 6.15. The van der Waals surface area contributed by atoms with Crippen LogP contribution in [0.15, 0.2) is 48.5 Å². The summed E-state index contributed by atoms with van der Waals surface area (Å²) >= 11 is 12.3. The van der Waals surface area contributed by atoms with Crippen LogP contribution in [-0.2, 0) is 9.59 Å². The van der Waals surface area contributed by atoms with Crippen molar-refractivity contribution in [3.63, 3.8) is 0 Å². The molecule has 5 nitrogen and oxygen atoms in total. The summed E-state index contributed by atoms with van der Waals surface area (Å²) in [4.78, 5) is 27.1. The number of alkyl halides is 3. The van der Waals surface area contributed by atoms with Gasteiger partial charge in [0.15, 0.2) is 6.10 Å². The standard InChI is InChI=1S/C26H28Cl2F3NO4/c1-3-19(12-21(33)26(29,30)31)32-23(15-7-9-17(27)10-8-15)20(16-5-4-6-18(28)11-16)13-25(2,24(32)36)14-22(34)35/h4-11,19-21,23,33H,3,12-14H2,1-2H3,(H,34,35)/t19-,20+,21-,23+,25+/m0/s1. The van der Waals surface area contributed by atoms with Crippen molar-refractivity contribution in [1.29, 1.82) is 0 Å². The Balaban J connectivity index is 2.23. The van der Waals surface area contributed by atoms with Gasteiger partial charge in [0.25, 0.3) is 0 Å². The molecule has 0 spiro atoms. The Hall–Kier alpha value is -2.29. The molecule has 0 radical (unpaired) electrons. The predicted octanol–water partition coefficient (Wildman–Crippen LogP) is 6.62. The molecule has 0 saturated carbocycles. The maximum Gasteiger partial charge on any atom is 0.414 e. The normalized spacial score (nSPS) is 24.4. The number of carbonyl (C=O) groups excluding carboxylic acids is 1. The second-order valence-electron chi connectivity index (χ2n) is 9.56. The number of likely N-dealkylation sites (tertiary alicyclic amines) is 1. The quantitative estimate of drug-likeness (QED) is 0.390. The van der Waals surface area contributed by atoms with E-state index in [2.05, 4.69) is 0 Å². The van der Waals surface area contributed by atoms with Crippen molar-refractivity contribution in [3.8, 4) is 0 Å². The van der Waals surface area contributed by atoms with Crippen LogP contribution in [-0.4, -0.2) is 45.3 Å². The molecule has 0 aromatic heterocycles. The first-order chi connectivity index (χ1) is 16.8. The third-order valence-corrected chi connectivity index (χ3v) is 7.36. The van der Waals surface area contributed by atoms with Crippen molar-refractivity contribution >= 4 is 35.1 Å². The first-order valence-electron chi connectivity index (χ1n) is 11.6. The molecule has 2 aromatic carbocycles. The molecule has 0 bridgehead atoms. The number of piperidine rings is 1. The molecule has 1 saturated heterocycles. The smallest absolute Gasteiger partial charge is 0.414 e. The summed E-state index contributed by atoms with van der Waals surface area (Å²) in [5.41, 5.74) is -0.0314. The van der Waals surface area contributed by atoms with Crippen LogP contribution >= 0.6 is 23.2 Å². The molecular formula is C26H28Cl2F3NO4. The van der Waals surface area contributed by atoms with E-state index in [0.717, 1.165) is 5.56 Å². The van der Waals surface area contributed by atoms with Gasteiger partial charge in [0, 0.05) is 28.4 Å². The van der Waals surface area contributed by atoms with E-state index in [-0.39, 0.29) is 12.8 Å². The molecule has 1 aliphatic heterocycles. The van der Waals surface area contributed by atoms with Crippen molar-refractivity contribution < 1.29 is 33.0 Å². The Morgan fingerprint density at radius 3 is 2.31 bits per heavy atom. The van der Waals surface area contributed by atoms with E-state index in [4.69, 9.17) is 23.2 Å². The van der Waals surface area contributed by atoms with E-state index >= 15 is 0 Å². The zero-order chi connectivity index (χ0) is 26.8. The molecule has 2 aromatic rings. The van der Waals surface area contributed by atoms with Crippen molar-refractivity contribution in [2.24, 2.45) is 5.41 Å². The fourth-order valence-corrected chi connectivity index (χ4v) is 5.47. The number of carboxylic acids is 1. The average molecular weight is 546 g/mol. The molecule has 1 aliphatic rings. The molecule has 36 heavy (non-hydrogen) atoms. The highest BCUT2D eigenvalue weighted by Crippen LogP contribution is 2.52. The number of carboxylic acid groups (broad SMARTS) is 1. The summed E-state index contributed by atoms with van der Waals surface area (Å²) in [5, 5.41) is 20.4. The van der Waals surface area contributed by atoms with Crippen LogP contribution in [0.2, 0.25) is 10.0 Å². The van der Waals surface area contributed by atoms with Gasteiger partial charge in [0.2, 0.25) is 5.91 Å². The number of carbonyl (C=O) groups is 2. The number of nitrogens with zero attached hydrogens (tertiary/aromatic N) is 1. The number of aliphatic carboxylic acids is 1. The maximum absolute atomic E-state index is 14.0. The van der Waals surface area contributed by atoms with Gasteiger partial charge >= 0.3 is 12.1 Å². The molecule has 10 heteroatoms. The summed E-state index contributed by atoms with van der Waals surface area (Å²) in [6.07, 6.45) is -8.47. The van der Waals surface area contributed by atoms with Crippen LogP contribution in [0.1, 0.15) is 62.6 Å². The summed E-state index contributed by atoms with van der Waals surface area (Å²) in [5.74, 6) is -2.24. The fourth-order valence-electron chi connectivity index (χ4n) is 5.15. The van der Waals surface area contributed by atoms with Gasteiger partial charge in [0.1, 0.15) is 0 Å². The predicted molar refractivity (Wildman–Crippen MR) is 131 cm³/mol. The Morgan fingerprint density at radius 2 is 1.78 bits per heavy atom. The Bertz CT molecular complexity index is 1100. The van der Waals surface area contributed by atoms with E-state index in [1.54, 1.807) is 55.5 Å². The molecule has 196 valence electrons. The summed E-state index contributed by atoms with van der Waals surface area (Å²) in [6, 6.07) is 11.9. The first-order valence-corrected chi connectivity index (χ1v) is 12.3. The SMILES string of the molecule is CC[C@@H](C[C@H](O)C(F)(F)F)N1C(=O)[C@@](C)(CC(=O)O)C[C@H](c2cccc(Cl)c2)[C@H]1c1ccc(Cl)cc1. The topological polar surface area (TPSA) is 77.8 Å². The van der Waals surface area contributed by atoms with Gasteiger partial charge < -0.3 is 15.1 Å². The lowest BCUT2D eigenvalue weighted by Crippen LogP contribution is -2.57. The van der Waals surface area contributed by atoms with Gasteiger partial charge in [-0.15, -0.1) is 0 Å². The lowest BCUT2D eigenvalue weighted by molar-refractivity contribution is -0.211. The van der Waals surface area contributed by atoms with Crippen molar-refractivity contribution in [3.05, 3.63) is 69.7 Å². The van der Waals surface area contributed by atoms with Crippen molar-refractivity contribution in [2.45, 2.75) is 69.8 Å². The van der Waals surface area contributed by atoms with E-state index in [9.17, 15) is 33.0 Å². The van der Waals surface area contributed by atoms with Gasteiger partial charge in [-0.3, -0.25) is 9.59 Å². The van der Waals surface area contributed by atoms with Crippen LogP contribution in [0.5, 0.6) is 0 Å². The number of halogens is 5. The Labute approximate surface area is 217 Å². The molecular weight excluding hydrogens is 518 g/mol. The number of hydrogen-bond donors (Lipinski definition) is 2. The largest absolute Gasteiger partial charge is 0.481 e. The van der Waals surface area contributed by atoms with Gasteiger partial charge in [-0.2, -0.15) is 13.2 Å². The van der Waals surface area contributed by atoms with E-state index < -0.39 is 60.4 Å². The lowest BCUT2D eigenvalue weighted by Gasteiger charge is -2.52. The molecule has 2 N–H and O–H groups in total. The molecule has 3 rings (SSSR count). The van der Waals surface area contributed by atoms with E-state index in [1.165, 1.54) is 11.8 Å². The first kappa shape index (κ1) is 28.3. The van der Waals surface area contributed by atoms with Crippen LogP contribution in [0.4, 0.5) is 13.2 Å². The maximum atomic E-state index is 14.0. The summed E-state index contributed by atoms with van der Waals surface area (Å²) < 4.78 is 40.0. The zero-order valence-corrected chi connectivity index (χ0v) is 21.3. The fraction of sp³-hybridized carbons (Fsp3) is 0.462. The minimum Gasteiger partial charge on any atom is -0.481 e. The highest BCUT2D eigenvalue weighted by Gasteiger charge is 2.53. The van der Waals surface area contributed by atoms with Crippen molar-refractivity contribution in [2.75, 3.05) is 0 Å². The van der Waals surface area contributed by atoms with E-state index in [0.29, 0.717) is 15.6 Å². The number of aliphatic hydroxyl groups is 1. The monoisotopic (exact) mass is 545 g/mol. The second kappa shape index (κ2) is 11.0. The Kier molecular flexibility index (Phi) is 8.63. The van der Waals surface area contributed by atoms with Gasteiger partial charge in [0.05, 0.1) is 17.9 Å². The van der Waals surface area contributed by atoms with Gasteiger partial charge in [-0.25, -0.2) is 0 Å². The average Bonchev–Trinajstić information content (AvgIpc) is 2.78. The van der Waals surface area contributed by atoms with E-state index in [1.807, 2.05) is 0 Å². The van der Waals surface area contributed by atoms with Crippen LogP contribution in [0.25, 0.3) is 0 Å². The third-order valence-electron chi connectivity index (χ3n) is 6.87. The number of amides is 1. The summed E-state index contributed by atoms with van der Waals surface area (Å²) in [7, 11) is 0. The molecule has 1 fully saturated rings. The molecule has 0 unspecified atom stereocenters. The molecule has 1 heterocycles. The number of benzene rings is 2. The van der Waals surface area contributed by atoms with Crippen LogP contribution in [0.3, 0.4) is 0 Å². The minimum atomic E-state index is -4.86. The lowest BCUT2D eigenvalue weighted by atomic mass is 9.67. The number of rotatable bonds is 8. The Morgan fingerprint density at radius 1 is 1.14 bits per heavy atom. The number of aliphatic hydroxyl groups excluding tert-OH is 1. The van der Waals surface area contributed by atoms with Crippen LogP contribution in [0, 0.1) is 5.41 Å². The molecule has 1 amide bonds.